The molecule has 2 aromatic heterocycles. The largest absolute Gasteiger partial charge is 0.490 e. The summed E-state index contributed by atoms with van der Waals surface area (Å²) in [5.41, 5.74) is 3.06. The Labute approximate surface area is 209 Å². The van der Waals surface area contributed by atoms with Crippen molar-refractivity contribution in [2.24, 2.45) is 12.5 Å². The second kappa shape index (κ2) is 11.4. The summed E-state index contributed by atoms with van der Waals surface area (Å²) < 4.78 is 38.9. The van der Waals surface area contributed by atoms with Crippen LogP contribution in [0.1, 0.15) is 35.4 Å². The maximum absolute atomic E-state index is 12.9. The first-order valence-electron chi connectivity index (χ1n) is 11.2. The molecule has 2 aliphatic rings. The summed E-state index contributed by atoms with van der Waals surface area (Å²) in [5.74, 6) is -2.65. The Morgan fingerprint density at radius 3 is 2.44 bits per heavy atom. The van der Waals surface area contributed by atoms with Crippen molar-refractivity contribution in [1.29, 1.82) is 0 Å². The molecule has 2 aliphatic heterocycles. The molecule has 0 aliphatic carbocycles. The molecule has 36 heavy (non-hydrogen) atoms. The number of thiazole rings is 1. The van der Waals surface area contributed by atoms with Gasteiger partial charge < -0.3 is 19.6 Å². The number of carboxylic acid groups (broad SMARTS) is 1. The van der Waals surface area contributed by atoms with Gasteiger partial charge in [0.15, 0.2) is 0 Å². The van der Waals surface area contributed by atoms with E-state index in [0.717, 1.165) is 38.0 Å². The minimum Gasteiger partial charge on any atom is -0.475 e. The highest BCUT2D eigenvalue weighted by Gasteiger charge is 2.48. The van der Waals surface area contributed by atoms with Gasteiger partial charge in [0, 0.05) is 45.4 Å². The molecule has 2 aromatic rings. The first-order chi connectivity index (χ1) is 16.9. The average molecular weight is 532 g/mol. The third kappa shape index (κ3) is 6.81. The number of ether oxygens (including phenoxy) is 1. The highest BCUT2D eigenvalue weighted by molar-refractivity contribution is 7.07. The number of amides is 2. The molecule has 4 rings (SSSR count). The lowest BCUT2D eigenvalue weighted by Crippen LogP contribution is -2.45. The Morgan fingerprint density at radius 1 is 1.28 bits per heavy atom. The van der Waals surface area contributed by atoms with Crippen molar-refractivity contribution in [3.05, 3.63) is 34.5 Å². The molecule has 0 radical (unpaired) electrons. The number of carboxylic acids is 1. The molecule has 10 nitrogen and oxygen atoms in total. The molecule has 0 aromatic carbocycles. The number of aromatic nitrogens is 3. The smallest absolute Gasteiger partial charge is 0.475 e. The van der Waals surface area contributed by atoms with Crippen LogP contribution in [0.15, 0.2) is 23.2 Å². The van der Waals surface area contributed by atoms with Crippen LogP contribution in [-0.4, -0.2) is 93.0 Å². The number of piperidine rings is 1. The molecule has 1 unspecified atom stereocenters. The second-order valence-electron chi connectivity index (χ2n) is 8.96. The van der Waals surface area contributed by atoms with E-state index in [1.54, 1.807) is 22.7 Å². The van der Waals surface area contributed by atoms with Crippen molar-refractivity contribution in [2.45, 2.75) is 37.9 Å². The zero-order valence-corrected chi connectivity index (χ0v) is 20.7. The molecular formula is C22H28F3N5O5S. The highest BCUT2D eigenvalue weighted by atomic mass is 32.1. The van der Waals surface area contributed by atoms with E-state index in [0.29, 0.717) is 25.3 Å². The second-order valence-corrected chi connectivity index (χ2v) is 9.68. The zero-order valence-electron chi connectivity index (χ0n) is 19.9. The van der Waals surface area contributed by atoms with Gasteiger partial charge in [0.2, 0.25) is 5.91 Å². The third-order valence-corrected chi connectivity index (χ3v) is 6.99. The summed E-state index contributed by atoms with van der Waals surface area (Å²) in [4.78, 5) is 42.6. The Morgan fingerprint density at radius 2 is 1.94 bits per heavy atom. The third-order valence-electron chi connectivity index (χ3n) is 6.41. The molecule has 1 atom stereocenters. The van der Waals surface area contributed by atoms with E-state index < -0.39 is 12.1 Å². The van der Waals surface area contributed by atoms with Gasteiger partial charge in [-0.1, -0.05) is 0 Å². The lowest BCUT2D eigenvalue weighted by Gasteiger charge is -2.39. The van der Waals surface area contributed by atoms with Crippen LogP contribution in [0.3, 0.4) is 0 Å². The van der Waals surface area contributed by atoms with Gasteiger partial charge in [-0.15, -0.1) is 11.3 Å². The number of carbonyl (C=O) groups excluding carboxylic acids is 2. The van der Waals surface area contributed by atoms with Crippen LogP contribution >= 0.6 is 11.3 Å². The van der Waals surface area contributed by atoms with E-state index >= 15 is 0 Å². The van der Waals surface area contributed by atoms with Crippen LogP contribution in [0.4, 0.5) is 13.2 Å². The van der Waals surface area contributed by atoms with E-state index in [-0.39, 0.29) is 23.3 Å². The van der Waals surface area contributed by atoms with E-state index in [1.807, 2.05) is 29.1 Å². The van der Waals surface area contributed by atoms with Gasteiger partial charge in [0.25, 0.3) is 5.91 Å². The quantitative estimate of drug-likeness (QED) is 0.629. The van der Waals surface area contributed by atoms with E-state index in [9.17, 15) is 22.8 Å². The van der Waals surface area contributed by atoms with Gasteiger partial charge in [0.05, 0.1) is 30.3 Å². The summed E-state index contributed by atoms with van der Waals surface area (Å²) in [6.07, 6.45) is -0.159. The first-order valence-corrected chi connectivity index (χ1v) is 12.1. The van der Waals surface area contributed by atoms with Gasteiger partial charge in [-0.3, -0.25) is 14.3 Å². The fourth-order valence-corrected chi connectivity index (χ4v) is 5.15. The summed E-state index contributed by atoms with van der Waals surface area (Å²) in [5, 5.41) is 13.2. The number of likely N-dealkylation sites (tertiary alicyclic amines) is 2. The lowest BCUT2D eigenvalue weighted by molar-refractivity contribution is -0.192. The number of methoxy groups -OCH3 is 1. The molecule has 1 N–H and O–H groups in total. The Kier molecular flexibility index (Phi) is 8.71. The molecule has 2 saturated heterocycles. The van der Waals surface area contributed by atoms with Crippen LogP contribution in [-0.2, 0) is 27.8 Å². The van der Waals surface area contributed by atoms with Crippen molar-refractivity contribution in [1.82, 2.24) is 24.6 Å². The maximum Gasteiger partial charge on any atom is 0.490 e. The number of aliphatic carboxylic acids is 1. The summed E-state index contributed by atoms with van der Waals surface area (Å²) in [7, 11) is 3.53. The Hall–Kier alpha value is -3.00. The zero-order chi connectivity index (χ0) is 26.5. The molecule has 1 spiro atoms. The Balaban J connectivity index is 0.000000454. The first kappa shape index (κ1) is 27.6. The van der Waals surface area contributed by atoms with Crippen LogP contribution in [0, 0.1) is 5.41 Å². The minimum absolute atomic E-state index is 0.0150. The van der Waals surface area contributed by atoms with Gasteiger partial charge >= 0.3 is 12.1 Å². The molecule has 2 amide bonds. The molecule has 0 saturated carbocycles. The number of rotatable bonds is 5. The SMILES string of the molecule is COCC1CC2(CCN(C(=O)Cc3ccn(C)n3)CC2)CN1C(=O)c1cscn1.O=C(O)C(F)(F)F. The van der Waals surface area contributed by atoms with Gasteiger partial charge in [-0.25, -0.2) is 9.78 Å². The number of halogens is 3. The maximum atomic E-state index is 12.9. The molecule has 2 fully saturated rings. The monoisotopic (exact) mass is 531 g/mol. The van der Waals surface area contributed by atoms with E-state index in [2.05, 4.69) is 10.1 Å². The summed E-state index contributed by atoms with van der Waals surface area (Å²) in [6, 6.07) is 1.95. The van der Waals surface area contributed by atoms with Crippen molar-refractivity contribution in [2.75, 3.05) is 33.4 Å². The summed E-state index contributed by atoms with van der Waals surface area (Å²) >= 11 is 1.43. The number of alkyl halides is 3. The highest BCUT2D eigenvalue weighted by Crippen LogP contribution is 2.44. The average Bonchev–Trinajstić information content (AvgIpc) is 3.55. The number of hydrogen-bond donors (Lipinski definition) is 1. The molecule has 14 heteroatoms. The van der Waals surface area contributed by atoms with Crippen molar-refractivity contribution in [3.63, 3.8) is 0 Å². The molecule has 0 bridgehead atoms. The van der Waals surface area contributed by atoms with Gasteiger partial charge in [-0.2, -0.15) is 18.3 Å². The fourth-order valence-electron chi connectivity index (χ4n) is 4.63. The predicted molar refractivity (Wildman–Crippen MR) is 122 cm³/mol. The molecule has 4 heterocycles. The molecule has 198 valence electrons. The van der Waals surface area contributed by atoms with Crippen LogP contribution in [0.5, 0.6) is 0 Å². The number of aryl methyl sites for hydroxylation is 1. The normalized spacial score (nSPS) is 19.2. The van der Waals surface area contributed by atoms with Crippen molar-refractivity contribution in [3.8, 4) is 0 Å². The van der Waals surface area contributed by atoms with Crippen LogP contribution in [0.2, 0.25) is 0 Å². The number of hydrogen-bond acceptors (Lipinski definition) is 7. The predicted octanol–water partition coefficient (Wildman–Crippen LogP) is 2.22. The van der Waals surface area contributed by atoms with Crippen molar-refractivity contribution < 1.29 is 37.4 Å². The number of nitrogens with zero attached hydrogens (tertiary/aromatic N) is 5. The fraction of sp³-hybridized carbons (Fsp3) is 0.591. The Bertz CT molecular complexity index is 1050. The molecular weight excluding hydrogens is 503 g/mol. The van der Waals surface area contributed by atoms with Crippen LogP contribution in [0.25, 0.3) is 0 Å². The van der Waals surface area contributed by atoms with Gasteiger partial charge in [-0.05, 0) is 30.7 Å². The standard InChI is InChI=1S/C20H27N5O3S.C2HF3O2/c1-23-6-3-15(22-23)9-18(26)24-7-4-20(5-8-24)10-16(11-28-2)25(13-20)19(27)17-12-29-14-21-17;3-2(4,5)1(6)7/h3,6,12,14,16H,4-5,7-11,13H2,1-2H3;(H,6,7). The topological polar surface area (TPSA) is 118 Å². The van der Waals surface area contributed by atoms with Crippen LogP contribution < -0.4 is 0 Å². The van der Waals surface area contributed by atoms with E-state index in [4.69, 9.17) is 14.6 Å². The lowest BCUT2D eigenvalue weighted by atomic mass is 9.76. The number of carbonyl (C=O) groups is 3. The van der Waals surface area contributed by atoms with Gasteiger partial charge in [0.1, 0.15) is 5.69 Å². The minimum atomic E-state index is -5.08. The van der Waals surface area contributed by atoms with Crippen molar-refractivity contribution >= 4 is 29.1 Å². The van der Waals surface area contributed by atoms with E-state index in [1.165, 1.54) is 11.3 Å². The summed E-state index contributed by atoms with van der Waals surface area (Å²) in [6.45, 7) is 2.69.